The summed E-state index contributed by atoms with van der Waals surface area (Å²) in [5.41, 5.74) is 1.51. The first-order valence-corrected chi connectivity index (χ1v) is 16.0. The molecule has 1 N–H and O–H groups in total. The maximum atomic E-state index is 12.1. The van der Waals surface area contributed by atoms with E-state index >= 15 is 0 Å². The van der Waals surface area contributed by atoms with Crippen LogP contribution in [0.4, 0.5) is 0 Å². The van der Waals surface area contributed by atoms with Gasteiger partial charge in [-0.05, 0) is 0 Å². The fourth-order valence-corrected chi connectivity index (χ4v) is 9.52. The Balaban J connectivity index is 1.54. The van der Waals surface area contributed by atoms with E-state index in [9.17, 15) is 5.02 Å². The third-order valence-corrected chi connectivity index (χ3v) is 11.6. The number of hydrogen-bond donors (Lipinski definition) is 1. The summed E-state index contributed by atoms with van der Waals surface area (Å²) in [7, 11) is -4.85. The summed E-state index contributed by atoms with van der Waals surface area (Å²) < 4.78 is 13.9. The van der Waals surface area contributed by atoms with Crippen molar-refractivity contribution < 1.29 is 14.1 Å². The molecule has 206 valence electrons. The van der Waals surface area contributed by atoms with Gasteiger partial charge in [-0.2, -0.15) is 0 Å². The van der Waals surface area contributed by atoms with E-state index < -0.39 is 20.4 Å². The number of benzene rings is 6. The van der Waals surface area contributed by atoms with Crippen LogP contribution in [0.15, 0.2) is 182 Å². The predicted octanol–water partition coefficient (Wildman–Crippen LogP) is 6.63. The van der Waals surface area contributed by atoms with Crippen molar-refractivity contribution in [2.24, 2.45) is 0 Å². The van der Waals surface area contributed by atoms with E-state index in [1.54, 1.807) is 0 Å². The molecule has 0 spiro atoms. The Labute approximate surface area is 248 Å². The third kappa shape index (κ3) is 5.34. The molecular weight excluding hydrogens is 534 g/mol. The summed E-state index contributed by atoms with van der Waals surface area (Å²) in [6, 6.07) is 60.6. The molecule has 0 aliphatic rings. The Bertz CT molecular complexity index is 1350. The van der Waals surface area contributed by atoms with Crippen molar-refractivity contribution in [3.63, 3.8) is 0 Å². The normalized spacial score (nSPS) is 12.0. The Morgan fingerprint density at radius 3 is 0.952 bits per heavy atom. The Hall–Kier alpha value is -4.31. The van der Waals surface area contributed by atoms with Crippen molar-refractivity contribution in [3.05, 3.63) is 199 Å². The van der Waals surface area contributed by atoms with Gasteiger partial charge in [0.25, 0.3) is 0 Å². The SMILES string of the molecule is OB(OC(c1ccccc1)(c1ccccc1)c1ccccc1)O[PH](c1ccccc1)(c1ccccc1)c1ccccc1. The quantitative estimate of drug-likeness (QED) is 0.115. The molecule has 0 aliphatic carbocycles. The molecule has 0 bridgehead atoms. The molecule has 42 heavy (non-hydrogen) atoms. The molecule has 3 nitrogen and oxygen atoms in total. The second kappa shape index (κ2) is 12.7. The van der Waals surface area contributed by atoms with Gasteiger partial charge in [0.2, 0.25) is 0 Å². The minimum absolute atomic E-state index is 0.886. The summed E-state index contributed by atoms with van der Waals surface area (Å²) in [6.45, 7) is 0. The first-order chi connectivity index (χ1) is 20.7. The molecule has 0 saturated carbocycles. The van der Waals surface area contributed by atoms with Crippen molar-refractivity contribution in [2.45, 2.75) is 5.60 Å². The van der Waals surface area contributed by atoms with Crippen molar-refractivity contribution in [3.8, 4) is 0 Å². The van der Waals surface area contributed by atoms with Crippen LogP contribution in [0.25, 0.3) is 0 Å². The molecule has 0 heterocycles. The van der Waals surface area contributed by atoms with Gasteiger partial charge in [0.05, 0.1) is 0 Å². The van der Waals surface area contributed by atoms with Crippen molar-refractivity contribution in [2.75, 3.05) is 0 Å². The molecule has 0 amide bonds. The van der Waals surface area contributed by atoms with Crippen LogP contribution in [0, 0.1) is 0 Å². The van der Waals surface area contributed by atoms with Gasteiger partial charge in [0.15, 0.2) is 0 Å². The van der Waals surface area contributed by atoms with Gasteiger partial charge >= 0.3 is 249 Å². The second-order valence-corrected chi connectivity index (χ2v) is 13.4. The van der Waals surface area contributed by atoms with Crippen LogP contribution < -0.4 is 15.9 Å². The second-order valence-electron chi connectivity index (χ2n) is 10.1. The fourth-order valence-electron chi connectivity index (χ4n) is 5.77. The van der Waals surface area contributed by atoms with E-state index in [1.807, 2.05) is 146 Å². The van der Waals surface area contributed by atoms with Crippen LogP contribution in [0.2, 0.25) is 0 Å². The standard InChI is InChI=1S/C37H32BO3P/c39-38(40-37(31-19-7-1-8-20-31,32-21-9-2-10-22-32)33-23-11-3-12-24-33)41-42(34-25-13-4-14-26-34,35-27-15-5-16-28-35)36-29-17-6-18-30-36/h1-30,39,42H. The molecule has 6 aromatic carbocycles. The van der Waals surface area contributed by atoms with Gasteiger partial charge < -0.3 is 0 Å². The molecule has 0 aromatic heterocycles. The van der Waals surface area contributed by atoms with Crippen LogP contribution in [-0.2, 0) is 14.7 Å². The average Bonchev–Trinajstić information content (AvgIpc) is 3.08. The van der Waals surface area contributed by atoms with Crippen LogP contribution >= 0.6 is 7.49 Å². The van der Waals surface area contributed by atoms with Gasteiger partial charge in [-0.1, -0.05) is 0 Å². The van der Waals surface area contributed by atoms with E-state index in [0.717, 1.165) is 32.6 Å². The van der Waals surface area contributed by atoms with Gasteiger partial charge in [-0.25, -0.2) is 0 Å². The molecule has 0 atom stereocenters. The summed E-state index contributed by atoms with van der Waals surface area (Å²) in [4.78, 5) is 0. The van der Waals surface area contributed by atoms with E-state index in [1.165, 1.54) is 0 Å². The third-order valence-electron chi connectivity index (χ3n) is 7.64. The Morgan fingerprint density at radius 2 is 0.667 bits per heavy atom. The molecule has 5 heteroatoms. The molecule has 0 fully saturated rings. The van der Waals surface area contributed by atoms with Crippen LogP contribution in [0.3, 0.4) is 0 Å². The van der Waals surface area contributed by atoms with Crippen LogP contribution in [0.5, 0.6) is 0 Å². The fraction of sp³-hybridized carbons (Fsp3) is 0.0270. The summed E-state index contributed by atoms with van der Waals surface area (Å²) in [5.74, 6) is 0. The van der Waals surface area contributed by atoms with E-state index in [4.69, 9.17) is 9.10 Å². The molecule has 6 aromatic rings. The van der Waals surface area contributed by atoms with Gasteiger partial charge in [0, 0.05) is 0 Å². The number of hydrogen-bond acceptors (Lipinski definition) is 3. The van der Waals surface area contributed by atoms with Crippen molar-refractivity contribution in [1.82, 2.24) is 0 Å². The zero-order chi connectivity index (χ0) is 28.7. The molecule has 0 aliphatic heterocycles. The summed E-state index contributed by atoms with van der Waals surface area (Å²) in [5, 5.41) is 15.1. The van der Waals surface area contributed by atoms with E-state index in [0.29, 0.717) is 0 Å². The minimum atomic E-state index is -3.26. The monoisotopic (exact) mass is 566 g/mol. The molecular formula is C37H32BO3P. The summed E-state index contributed by atoms with van der Waals surface area (Å²) in [6.07, 6.45) is 0. The van der Waals surface area contributed by atoms with Gasteiger partial charge in [-0.15, -0.1) is 0 Å². The average molecular weight is 566 g/mol. The Kier molecular flexibility index (Phi) is 8.41. The first kappa shape index (κ1) is 27.8. The maximum absolute atomic E-state index is 12.1. The van der Waals surface area contributed by atoms with Gasteiger partial charge in [0.1, 0.15) is 0 Å². The predicted molar refractivity (Wildman–Crippen MR) is 176 cm³/mol. The molecule has 0 saturated heterocycles. The molecule has 6 rings (SSSR count). The van der Waals surface area contributed by atoms with E-state index in [2.05, 4.69) is 36.4 Å². The van der Waals surface area contributed by atoms with Crippen LogP contribution in [0.1, 0.15) is 16.7 Å². The van der Waals surface area contributed by atoms with Crippen molar-refractivity contribution >= 4 is 30.7 Å². The summed E-state index contributed by atoms with van der Waals surface area (Å²) >= 11 is 0. The van der Waals surface area contributed by atoms with Crippen molar-refractivity contribution in [1.29, 1.82) is 0 Å². The zero-order valence-corrected chi connectivity index (χ0v) is 24.2. The van der Waals surface area contributed by atoms with Gasteiger partial charge in [-0.3, -0.25) is 0 Å². The topological polar surface area (TPSA) is 38.7 Å². The Morgan fingerprint density at radius 1 is 0.405 bits per heavy atom. The zero-order valence-electron chi connectivity index (χ0n) is 23.2. The molecule has 0 radical (unpaired) electrons. The molecule has 0 unspecified atom stereocenters. The number of rotatable bonds is 10. The van der Waals surface area contributed by atoms with E-state index in [-0.39, 0.29) is 0 Å². The first-order valence-electron chi connectivity index (χ1n) is 14.1. The van der Waals surface area contributed by atoms with Crippen LogP contribution in [-0.4, -0.2) is 12.3 Å².